The highest BCUT2D eigenvalue weighted by Gasteiger charge is 2.24. The maximum Gasteiger partial charge on any atom is 0.301 e. The van der Waals surface area contributed by atoms with Gasteiger partial charge in [0.15, 0.2) is 0 Å². The summed E-state index contributed by atoms with van der Waals surface area (Å²) >= 11 is 5.80. The standard InChI is InChI=1S/C12H17ClN2O2S/c13-10-11-6-2-3-7-12(11)14-18(16,17)15-8-4-1-5-9-15/h2-3,6-7,14H,1,4-5,8-10H2. The number of nitrogens with zero attached hydrogens (tertiary/aromatic N) is 1. The summed E-state index contributed by atoms with van der Waals surface area (Å²) in [5.41, 5.74) is 1.36. The van der Waals surface area contributed by atoms with Gasteiger partial charge in [-0.1, -0.05) is 24.6 Å². The molecule has 1 aromatic rings. The number of benzene rings is 1. The molecule has 0 unspecified atom stereocenters. The van der Waals surface area contributed by atoms with Crippen LogP contribution in [0.4, 0.5) is 5.69 Å². The zero-order chi connectivity index (χ0) is 13.0. The SMILES string of the molecule is O=S(=O)(Nc1ccccc1CCl)N1CCCCC1. The van der Waals surface area contributed by atoms with E-state index in [1.54, 1.807) is 12.1 Å². The summed E-state index contributed by atoms with van der Waals surface area (Å²) in [6, 6.07) is 7.20. The molecule has 4 nitrogen and oxygen atoms in total. The third kappa shape index (κ3) is 3.16. The van der Waals surface area contributed by atoms with Crippen LogP contribution < -0.4 is 4.72 Å². The van der Waals surface area contributed by atoms with Gasteiger partial charge in [0.2, 0.25) is 0 Å². The molecule has 1 heterocycles. The van der Waals surface area contributed by atoms with Crippen LogP contribution in [0.1, 0.15) is 24.8 Å². The molecule has 18 heavy (non-hydrogen) atoms. The molecule has 1 saturated heterocycles. The van der Waals surface area contributed by atoms with Crippen molar-refractivity contribution in [3.8, 4) is 0 Å². The second-order valence-corrected chi connectivity index (χ2v) is 6.30. The first-order valence-corrected chi connectivity index (χ1v) is 8.03. The number of halogens is 1. The number of rotatable bonds is 4. The maximum absolute atomic E-state index is 12.2. The van der Waals surface area contributed by atoms with Gasteiger partial charge in [-0.05, 0) is 24.5 Å². The van der Waals surface area contributed by atoms with Crippen molar-refractivity contribution < 1.29 is 8.42 Å². The van der Waals surface area contributed by atoms with Crippen molar-refractivity contribution in [1.29, 1.82) is 0 Å². The molecular formula is C12H17ClN2O2S. The van der Waals surface area contributed by atoms with E-state index in [0.717, 1.165) is 24.8 Å². The van der Waals surface area contributed by atoms with E-state index in [1.807, 2.05) is 12.1 Å². The molecule has 0 aliphatic carbocycles. The molecule has 100 valence electrons. The van der Waals surface area contributed by atoms with Gasteiger partial charge in [0.25, 0.3) is 0 Å². The lowest BCUT2D eigenvalue weighted by atomic mass is 10.2. The molecule has 0 saturated carbocycles. The average molecular weight is 289 g/mol. The molecule has 0 bridgehead atoms. The fraction of sp³-hybridized carbons (Fsp3) is 0.500. The monoisotopic (exact) mass is 288 g/mol. The molecule has 0 spiro atoms. The van der Waals surface area contributed by atoms with Gasteiger partial charge in [0.1, 0.15) is 0 Å². The first-order chi connectivity index (χ1) is 8.63. The van der Waals surface area contributed by atoms with Crippen LogP contribution in [0.5, 0.6) is 0 Å². The summed E-state index contributed by atoms with van der Waals surface area (Å²) in [6.45, 7) is 1.19. The van der Waals surface area contributed by atoms with Crippen LogP contribution in [-0.4, -0.2) is 25.8 Å². The predicted molar refractivity (Wildman–Crippen MR) is 74.0 cm³/mol. The number of anilines is 1. The zero-order valence-corrected chi connectivity index (χ0v) is 11.7. The number of para-hydroxylation sites is 1. The van der Waals surface area contributed by atoms with Crippen LogP contribution in [0.15, 0.2) is 24.3 Å². The normalized spacial score (nSPS) is 17.6. The Kier molecular flexibility index (Phi) is 4.48. The third-order valence-electron chi connectivity index (χ3n) is 3.06. The van der Waals surface area contributed by atoms with Gasteiger partial charge >= 0.3 is 10.2 Å². The fourth-order valence-electron chi connectivity index (χ4n) is 2.05. The molecule has 0 aromatic heterocycles. The third-order valence-corrected chi connectivity index (χ3v) is 4.87. The molecule has 1 N–H and O–H groups in total. The first kappa shape index (κ1) is 13.6. The topological polar surface area (TPSA) is 49.4 Å². The lowest BCUT2D eigenvalue weighted by Gasteiger charge is -2.26. The highest BCUT2D eigenvalue weighted by Crippen LogP contribution is 2.21. The zero-order valence-electron chi connectivity index (χ0n) is 10.1. The number of nitrogens with one attached hydrogen (secondary N) is 1. The fourth-order valence-corrected chi connectivity index (χ4v) is 3.62. The summed E-state index contributed by atoms with van der Waals surface area (Å²) in [6.07, 6.45) is 2.96. The highest BCUT2D eigenvalue weighted by atomic mass is 35.5. The van der Waals surface area contributed by atoms with Gasteiger partial charge in [0, 0.05) is 19.0 Å². The van der Waals surface area contributed by atoms with Crippen molar-refractivity contribution >= 4 is 27.5 Å². The Morgan fingerprint density at radius 1 is 1.17 bits per heavy atom. The van der Waals surface area contributed by atoms with E-state index in [2.05, 4.69) is 4.72 Å². The number of hydrogen-bond acceptors (Lipinski definition) is 2. The van der Waals surface area contributed by atoms with Gasteiger partial charge < -0.3 is 0 Å². The van der Waals surface area contributed by atoms with Crippen LogP contribution in [0.3, 0.4) is 0 Å². The van der Waals surface area contributed by atoms with E-state index in [0.29, 0.717) is 24.7 Å². The van der Waals surface area contributed by atoms with Crippen LogP contribution in [0.2, 0.25) is 0 Å². The Balaban J connectivity index is 2.16. The van der Waals surface area contributed by atoms with Gasteiger partial charge in [-0.15, -0.1) is 11.6 Å². The second kappa shape index (κ2) is 5.91. The second-order valence-electron chi connectivity index (χ2n) is 4.36. The summed E-state index contributed by atoms with van der Waals surface area (Å²) < 4.78 is 28.5. The average Bonchev–Trinajstić information content (AvgIpc) is 2.40. The van der Waals surface area contributed by atoms with Crippen LogP contribution in [0, 0.1) is 0 Å². The lowest BCUT2D eigenvalue weighted by molar-refractivity contribution is 0.349. The van der Waals surface area contributed by atoms with E-state index < -0.39 is 10.2 Å². The van der Waals surface area contributed by atoms with Gasteiger partial charge in [-0.2, -0.15) is 12.7 Å². The first-order valence-electron chi connectivity index (χ1n) is 6.05. The van der Waals surface area contributed by atoms with E-state index in [-0.39, 0.29) is 0 Å². The van der Waals surface area contributed by atoms with Crippen molar-refractivity contribution in [2.45, 2.75) is 25.1 Å². The van der Waals surface area contributed by atoms with E-state index in [1.165, 1.54) is 4.31 Å². The van der Waals surface area contributed by atoms with Crippen molar-refractivity contribution in [2.24, 2.45) is 0 Å². The Morgan fingerprint density at radius 2 is 1.83 bits per heavy atom. The van der Waals surface area contributed by atoms with Crippen LogP contribution in [-0.2, 0) is 16.1 Å². The van der Waals surface area contributed by atoms with Crippen LogP contribution in [0.25, 0.3) is 0 Å². The number of alkyl halides is 1. The Labute approximate surface area is 113 Å². The maximum atomic E-state index is 12.2. The minimum atomic E-state index is -3.44. The number of hydrogen-bond donors (Lipinski definition) is 1. The largest absolute Gasteiger partial charge is 0.301 e. The van der Waals surface area contributed by atoms with E-state index >= 15 is 0 Å². The summed E-state index contributed by atoms with van der Waals surface area (Å²) in [5.74, 6) is 0.290. The lowest BCUT2D eigenvalue weighted by Crippen LogP contribution is -2.39. The molecule has 6 heteroatoms. The minimum Gasteiger partial charge on any atom is -0.271 e. The van der Waals surface area contributed by atoms with Gasteiger partial charge in [0.05, 0.1) is 5.69 Å². The molecule has 1 fully saturated rings. The van der Waals surface area contributed by atoms with Gasteiger partial charge in [-0.3, -0.25) is 4.72 Å². The van der Waals surface area contributed by atoms with Crippen molar-refractivity contribution in [3.63, 3.8) is 0 Å². The molecular weight excluding hydrogens is 272 g/mol. The molecule has 0 radical (unpaired) electrons. The summed E-state index contributed by atoms with van der Waals surface area (Å²) in [4.78, 5) is 0. The van der Waals surface area contributed by atoms with Crippen molar-refractivity contribution in [3.05, 3.63) is 29.8 Å². The Morgan fingerprint density at radius 3 is 2.50 bits per heavy atom. The number of piperidine rings is 1. The molecule has 0 atom stereocenters. The quantitative estimate of drug-likeness (QED) is 0.866. The van der Waals surface area contributed by atoms with Crippen LogP contribution >= 0.6 is 11.6 Å². The van der Waals surface area contributed by atoms with Crippen molar-refractivity contribution in [1.82, 2.24) is 4.31 Å². The summed E-state index contributed by atoms with van der Waals surface area (Å²) in [7, 11) is -3.44. The van der Waals surface area contributed by atoms with E-state index in [9.17, 15) is 8.42 Å². The minimum absolute atomic E-state index is 0.290. The molecule has 1 aliphatic heterocycles. The Hall–Kier alpha value is -0.780. The highest BCUT2D eigenvalue weighted by molar-refractivity contribution is 7.90. The smallest absolute Gasteiger partial charge is 0.271 e. The predicted octanol–water partition coefficient (Wildman–Crippen LogP) is 2.57. The molecule has 1 aliphatic rings. The summed E-state index contributed by atoms with van der Waals surface area (Å²) in [5, 5.41) is 0. The van der Waals surface area contributed by atoms with Gasteiger partial charge in [-0.25, -0.2) is 0 Å². The van der Waals surface area contributed by atoms with E-state index in [4.69, 9.17) is 11.6 Å². The molecule has 1 aromatic carbocycles. The Bertz CT molecular complexity index is 499. The molecule has 0 amide bonds. The van der Waals surface area contributed by atoms with Crippen molar-refractivity contribution in [2.75, 3.05) is 17.8 Å². The molecule has 2 rings (SSSR count).